The third-order valence-electron chi connectivity index (χ3n) is 27.3. The van der Waals surface area contributed by atoms with Gasteiger partial charge in [0.1, 0.15) is 0 Å². The number of carbonyl (C=O) groups is 2. The molecule has 0 aliphatic heterocycles. The second kappa shape index (κ2) is 37.6. The molecule has 6 heterocycles. The molecule has 4 aliphatic rings. The zero-order chi connectivity index (χ0) is 87.7. The second-order valence-electron chi connectivity index (χ2n) is 35.2. The van der Waals surface area contributed by atoms with E-state index in [0.717, 1.165) is 241 Å². The number of nitrogens with zero attached hydrogens (tertiary/aromatic N) is 6. The van der Waals surface area contributed by atoms with Crippen LogP contribution in [0.25, 0.3) is 88.7 Å². The van der Waals surface area contributed by atoms with E-state index in [9.17, 15) is 20.1 Å². The van der Waals surface area contributed by atoms with Gasteiger partial charge in [-0.3, -0.25) is 9.59 Å². The van der Waals surface area contributed by atoms with Gasteiger partial charge in [-0.25, -0.2) is 37.8 Å². The number of hydrogen-bond acceptors (Lipinski definition) is 8. The lowest BCUT2D eigenvalue weighted by atomic mass is 9.65. The number of hydrogen-bond donors (Lipinski definition) is 0. The number of fused-ring (bicyclic) bond motifs is 16. The first-order valence-corrected chi connectivity index (χ1v) is 49.4. The summed E-state index contributed by atoms with van der Waals surface area (Å²) in [6.07, 6.45) is 31.9. The van der Waals surface area contributed by atoms with E-state index in [0.29, 0.717) is 18.0 Å². The fourth-order valence-electron chi connectivity index (χ4n) is 21.0. The van der Waals surface area contributed by atoms with Gasteiger partial charge in [-0.2, -0.15) is 0 Å². The normalized spacial score (nSPS) is 15.7. The van der Waals surface area contributed by atoms with Crippen LogP contribution in [-0.4, -0.2) is 20.7 Å². The van der Waals surface area contributed by atoms with Crippen LogP contribution < -0.4 is 0 Å². The average Bonchev–Trinajstić information content (AvgIpc) is 1.48. The van der Waals surface area contributed by atoms with Gasteiger partial charge < -0.3 is 9.13 Å². The molecular weight excluding hydrogens is 1640 g/mol. The molecule has 13 aromatic rings. The Hall–Kier alpha value is -10.8. The summed E-state index contributed by atoms with van der Waals surface area (Å²) in [5, 5.41) is 21.1. The molecule has 0 radical (unpaired) electrons. The Kier molecular flexibility index (Phi) is 26.1. The van der Waals surface area contributed by atoms with E-state index < -0.39 is 51.6 Å². The third-order valence-corrected chi connectivity index (χ3v) is 32.3. The van der Waals surface area contributed by atoms with Gasteiger partial charge in [-0.1, -0.05) is 254 Å². The highest BCUT2D eigenvalue weighted by Gasteiger charge is 2.56. The number of Topliss-reactive ketones (excluding diaryl/α,β-unsaturated/α-hetero) is 2. The molecule has 6 aromatic heterocycles. The number of nitriles is 2. The van der Waals surface area contributed by atoms with E-state index in [4.69, 9.17) is 13.1 Å². The first-order chi connectivity index (χ1) is 61.6. The maximum atomic E-state index is 15.4. The number of carbonyl (C=O) groups excluding carboxylic acids is 2. The van der Waals surface area contributed by atoms with E-state index in [1.807, 2.05) is 34.8 Å². The van der Waals surface area contributed by atoms with Crippen LogP contribution in [0.1, 0.15) is 304 Å². The van der Waals surface area contributed by atoms with Crippen LogP contribution in [0.3, 0.4) is 0 Å². The first kappa shape index (κ1) is 87.3. The Morgan fingerprint density at radius 2 is 0.794 bits per heavy atom. The maximum absolute atomic E-state index is 15.4. The van der Waals surface area contributed by atoms with Gasteiger partial charge in [0.15, 0.2) is 34.8 Å². The summed E-state index contributed by atoms with van der Waals surface area (Å²) >= 11 is 6.89. The quantitative estimate of drug-likeness (QED) is 0.0127. The minimum Gasteiger partial charge on any atom is -0.339 e. The Labute approximate surface area is 754 Å². The van der Waals surface area contributed by atoms with Crippen LogP contribution in [0.2, 0.25) is 0 Å². The number of halogens is 4. The van der Waals surface area contributed by atoms with Crippen LogP contribution >= 0.6 is 45.3 Å². The highest BCUT2D eigenvalue weighted by atomic mass is 32.1. The summed E-state index contributed by atoms with van der Waals surface area (Å²) in [5.41, 5.74) is 19.0. The summed E-state index contributed by atoms with van der Waals surface area (Å²) < 4.78 is 70.8. The summed E-state index contributed by atoms with van der Waals surface area (Å²) in [6.45, 7) is 31.3. The topological polar surface area (TPSA) is 100 Å². The van der Waals surface area contributed by atoms with Crippen molar-refractivity contribution in [2.75, 3.05) is 0 Å². The monoisotopic (exact) mass is 1750 g/mol. The zero-order valence-electron chi connectivity index (χ0n) is 73.1. The standard InChI is InChI=1S/C110H106F4N6O2S4/c1-9-15-21-27-33-67-37-45-71(46-38-67)109(72-47-39-68(40-48-72)34-28-22-16-10-2)85-59-82-86(60-81(85)103-97(109)99-107(125-103)105-93(119(99)53-31-25-19-13-5)57-75(123-105)55-83-95(91(65-115)117-7)77-61-87(111)89(113)63-79(77)101(83)121)110(73-49-41-69(42-50-73)35-29-23-17-11-3,74-51-43-70(44-52-74)36-30-24-18-12-4)98-100-108(126-104(82)98)106-94(120(100)54-32-26-20-14-6)58-76(124-106)56-84-96(92(66-116)118-8)78-62-88(112)90(114)64-80(78)102(84)122/h37-52,55,57-64,84H,9-36,53-54,56H2,1-6H3/b83-55-,95-91?,96-92+. The zero-order valence-corrected chi connectivity index (χ0v) is 76.3. The highest BCUT2D eigenvalue weighted by Crippen LogP contribution is 2.69. The molecule has 0 spiro atoms. The van der Waals surface area contributed by atoms with E-state index in [1.165, 1.54) is 96.6 Å². The minimum atomic E-state index is -1.19. The summed E-state index contributed by atoms with van der Waals surface area (Å²) in [4.78, 5) is 40.8. The molecule has 0 saturated carbocycles. The molecule has 1 unspecified atom stereocenters. The van der Waals surface area contributed by atoms with E-state index in [2.05, 4.69) is 182 Å². The summed E-state index contributed by atoms with van der Waals surface area (Å²) in [7, 11) is 0. The number of aryl methyl sites for hydroxylation is 6. The Balaban J connectivity index is 0.976. The van der Waals surface area contributed by atoms with Crippen molar-refractivity contribution >= 4 is 115 Å². The number of ketones is 2. The molecule has 0 bridgehead atoms. The van der Waals surface area contributed by atoms with Crippen LogP contribution in [-0.2, 0) is 56.0 Å². The summed E-state index contributed by atoms with van der Waals surface area (Å²) in [6, 6.07) is 56.0. The van der Waals surface area contributed by atoms with Crippen molar-refractivity contribution in [3.63, 3.8) is 0 Å². The molecule has 640 valence electrons. The minimum absolute atomic E-state index is 0.000455. The molecule has 0 saturated heterocycles. The van der Waals surface area contributed by atoms with Crippen LogP contribution in [0.15, 0.2) is 163 Å². The van der Waals surface area contributed by atoms with Gasteiger partial charge in [-0.05, 0) is 209 Å². The summed E-state index contributed by atoms with van der Waals surface area (Å²) in [5.74, 6) is -6.71. The predicted octanol–water partition coefficient (Wildman–Crippen LogP) is 31.7. The molecule has 1 atom stereocenters. The second-order valence-corrected chi connectivity index (χ2v) is 39.5. The molecule has 4 aliphatic carbocycles. The Morgan fingerprint density at radius 3 is 1.19 bits per heavy atom. The first-order valence-electron chi connectivity index (χ1n) is 46.1. The number of aromatic nitrogens is 2. The maximum Gasteiger partial charge on any atom is 0.270 e. The van der Waals surface area contributed by atoms with Crippen molar-refractivity contribution in [2.45, 2.75) is 252 Å². The molecule has 17 rings (SSSR count). The number of benzene rings is 7. The van der Waals surface area contributed by atoms with E-state index in [-0.39, 0.29) is 56.8 Å². The SMILES string of the molecule is [C-]#[N+]C(C#N)=C1/C(=C/c2cc3c(s2)c2sc4c(c2n3CCCCCC)C(c2ccc(CCCCCC)cc2)(c2ccc(CCCCCC)cc2)c2cc3c(cc2-4)C(c2ccc(CCCCCC)cc2)(c2ccc(CCCCCC)cc2)c2c-3sc3c4sc(CC5C(=O)c6cc(F)c(F)cc6/C5=C(/C#N)[N+]#[C-])cc4n(CCCCCC)c23)C(=O)c2cc(F)c(F)cc21. The molecule has 0 amide bonds. The van der Waals surface area contributed by atoms with Crippen molar-refractivity contribution in [1.82, 2.24) is 9.13 Å². The number of thiophene rings is 4. The Morgan fingerprint density at radius 1 is 0.421 bits per heavy atom. The van der Waals surface area contributed by atoms with Crippen molar-refractivity contribution < 1.29 is 27.2 Å². The lowest BCUT2D eigenvalue weighted by Gasteiger charge is -2.36. The molecule has 16 heteroatoms. The van der Waals surface area contributed by atoms with Crippen molar-refractivity contribution in [3.8, 4) is 33.0 Å². The number of unbranched alkanes of at least 4 members (excludes halogenated alkanes) is 18. The fourth-order valence-corrected chi connectivity index (χ4v) is 26.4. The van der Waals surface area contributed by atoms with Gasteiger partial charge in [0.25, 0.3) is 11.4 Å². The van der Waals surface area contributed by atoms with E-state index >= 15 is 17.6 Å². The smallest absolute Gasteiger partial charge is 0.270 e. The van der Waals surface area contributed by atoms with Crippen molar-refractivity contribution in [2.24, 2.45) is 5.92 Å². The van der Waals surface area contributed by atoms with Crippen LogP contribution in [0.4, 0.5) is 17.6 Å². The lowest BCUT2D eigenvalue weighted by Crippen LogP contribution is -2.30. The molecular formula is C110H106F4N6O2S4. The number of allylic oxidation sites excluding steroid dienone is 5. The van der Waals surface area contributed by atoms with Crippen LogP contribution in [0, 0.1) is 65.0 Å². The van der Waals surface area contributed by atoms with Gasteiger partial charge in [0.2, 0.25) is 0 Å². The molecule has 0 fully saturated rings. The largest absolute Gasteiger partial charge is 0.339 e. The van der Waals surface area contributed by atoms with Gasteiger partial charge in [0, 0.05) is 71.9 Å². The molecule has 8 nitrogen and oxygen atoms in total. The van der Waals surface area contributed by atoms with Crippen molar-refractivity contribution in [3.05, 3.63) is 307 Å². The van der Waals surface area contributed by atoms with Gasteiger partial charge in [0.05, 0.1) is 77.0 Å². The molecule has 0 N–H and O–H groups in total. The van der Waals surface area contributed by atoms with Gasteiger partial charge in [-0.15, -0.1) is 45.3 Å². The lowest BCUT2D eigenvalue weighted by molar-refractivity contribution is 0.0957. The third kappa shape index (κ3) is 15.3. The molecule has 7 aromatic carbocycles. The average molecular weight is 1750 g/mol. The van der Waals surface area contributed by atoms with E-state index in [1.54, 1.807) is 28.7 Å². The fraction of sp³-hybridized carbons (Fsp3) is 0.364. The van der Waals surface area contributed by atoms with Crippen molar-refractivity contribution in [1.29, 1.82) is 10.5 Å². The highest BCUT2D eigenvalue weighted by molar-refractivity contribution is 7.30. The Bertz CT molecular complexity index is 6540. The molecule has 126 heavy (non-hydrogen) atoms. The predicted molar refractivity (Wildman–Crippen MR) is 513 cm³/mol. The van der Waals surface area contributed by atoms with Gasteiger partial charge >= 0.3 is 0 Å². The van der Waals surface area contributed by atoms with Crippen LogP contribution in [0.5, 0.6) is 0 Å². The number of rotatable bonds is 37.